The van der Waals surface area contributed by atoms with Gasteiger partial charge < -0.3 is 14.6 Å². The molecule has 7 heteroatoms. The molecule has 1 saturated heterocycles. The van der Waals surface area contributed by atoms with E-state index in [1.165, 1.54) is 0 Å². The first-order valence-corrected chi connectivity index (χ1v) is 10.3. The number of rotatable bonds is 4. The van der Waals surface area contributed by atoms with Crippen molar-refractivity contribution in [3.05, 3.63) is 53.6 Å². The monoisotopic (exact) mass is 404 g/mol. The number of nitrogens with one attached hydrogen (secondary N) is 2. The Morgan fingerprint density at radius 1 is 1.30 bits per heavy atom. The van der Waals surface area contributed by atoms with Crippen molar-refractivity contribution in [2.24, 2.45) is 0 Å². The van der Waals surface area contributed by atoms with Crippen LogP contribution in [0.1, 0.15) is 42.6 Å². The standard InChI is InChI=1S/C23H24N4O3/c1-23(2)16-11-17-18(12-19(16)27(21(23)29)13-15-9-6-10-30-15)25-22(24-17)26-20(28)14-7-4-3-5-8-14/h3-5,7-8,11-12,15H,6,9-10,13H2,1-2H3,(H2,24,25,26,28). The summed E-state index contributed by atoms with van der Waals surface area (Å²) in [7, 11) is 0. The van der Waals surface area contributed by atoms with Crippen LogP contribution in [0.5, 0.6) is 0 Å². The zero-order valence-electron chi connectivity index (χ0n) is 17.1. The molecule has 7 nitrogen and oxygen atoms in total. The van der Waals surface area contributed by atoms with Crippen molar-refractivity contribution >= 4 is 34.5 Å². The lowest BCUT2D eigenvalue weighted by molar-refractivity contribution is -0.122. The minimum Gasteiger partial charge on any atom is -0.376 e. The third-order valence-electron chi connectivity index (χ3n) is 6.02. The van der Waals surface area contributed by atoms with E-state index < -0.39 is 5.41 Å². The number of nitrogens with zero attached hydrogens (tertiary/aromatic N) is 2. The molecule has 1 atom stereocenters. The summed E-state index contributed by atoms with van der Waals surface area (Å²) in [6.45, 7) is 5.21. The second-order valence-corrected chi connectivity index (χ2v) is 8.47. The van der Waals surface area contributed by atoms with Crippen LogP contribution >= 0.6 is 0 Å². The Morgan fingerprint density at radius 2 is 2.10 bits per heavy atom. The molecule has 1 fully saturated rings. The Morgan fingerprint density at radius 3 is 2.83 bits per heavy atom. The Balaban J connectivity index is 1.48. The second-order valence-electron chi connectivity index (χ2n) is 8.47. The SMILES string of the molecule is CC1(C)C(=O)N(CC2CCCO2)c2cc3nc(NC(=O)c4ccccc4)[nH]c3cc21. The number of carbonyl (C=O) groups is 2. The van der Waals surface area contributed by atoms with Crippen molar-refractivity contribution in [1.29, 1.82) is 0 Å². The quantitative estimate of drug-likeness (QED) is 0.695. The fourth-order valence-electron chi connectivity index (χ4n) is 4.33. The maximum absolute atomic E-state index is 13.1. The minimum atomic E-state index is -0.624. The molecule has 1 aromatic heterocycles. The lowest BCUT2D eigenvalue weighted by Crippen LogP contribution is -2.40. The normalized spacial score (nSPS) is 20.0. The molecule has 0 radical (unpaired) electrons. The topological polar surface area (TPSA) is 87.3 Å². The van der Waals surface area contributed by atoms with Crippen LogP contribution in [-0.2, 0) is 14.9 Å². The lowest BCUT2D eigenvalue weighted by Gasteiger charge is -2.23. The van der Waals surface area contributed by atoms with E-state index in [2.05, 4.69) is 15.3 Å². The summed E-state index contributed by atoms with van der Waals surface area (Å²) in [6, 6.07) is 12.9. The first-order valence-electron chi connectivity index (χ1n) is 10.3. The van der Waals surface area contributed by atoms with E-state index in [-0.39, 0.29) is 17.9 Å². The van der Waals surface area contributed by atoms with Crippen LogP contribution in [0.25, 0.3) is 11.0 Å². The molecule has 30 heavy (non-hydrogen) atoms. The third-order valence-corrected chi connectivity index (χ3v) is 6.02. The number of imidazole rings is 1. The van der Waals surface area contributed by atoms with Gasteiger partial charge in [0.25, 0.3) is 5.91 Å². The fraction of sp³-hybridized carbons (Fsp3) is 0.348. The van der Waals surface area contributed by atoms with Crippen LogP contribution in [-0.4, -0.2) is 41.0 Å². The Bertz CT molecular complexity index is 1130. The molecule has 2 aliphatic heterocycles. The van der Waals surface area contributed by atoms with E-state index >= 15 is 0 Å². The third kappa shape index (κ3) is 3.06. The summed E-state index contributed by atoms with van der Waals surface area (Å²) in [6.07, 6.45) is 2.08. The number of carbonyl (C=O) groups excluding carboxylic acids is 2. The molecule has 2 amide bonds. The Hall–Kier alpha value is -3.19. The van der Waals surface area contributed by atoms with Gasteiger partial charge in [-0.1, -0.05) is 18.2 Å². The van der Waals surface area contributed by atoms with Gasteiger partial charge in [-0.05, 0) is 56.5 Å². The zero-order chi connectivity index (χ0) is 20.9. The van der Waals surface area contributed by atoms with Crippen LogP contribution in [0.3, 0.4) is 0 Å². The van der Waals surface area contributed by atoms with Gasteiger partial charge in [0.1, 0.15) is 0 Å². The lowest BCUT2D eigenvalue weighted by atomic mass is 9.86. The molecule has 1 unspecified atom stereocenters. The van der Waals surface area contributed by atoms with Gasteiger partial charge in [0.15, 0.2) is 0 Å². The van der Waals surface area contributed by atoms with E-state index in [9.17, 15) is 9.59 Å². The number of H-pyrrole nitrogens is 1. The van der Waals surface area contributed by atoms with Crippen molar-refractivity contribution in [2.75, 3.05) is 23.4 Å². The van der Waals surface area contributed by atoms with Crippen LogP contribution in [0.15, 0.2) is 42.5 Å². The minimum absolute atomic E-state index is 0.0753. The van der Waals surface area contributed by atoms with Gasteiger partial charge in [0.2, 0.25) is 11.9 Å². The van der Waals surface area contributed by atoms with Crippen LogP contribution in [0.2, 0.25) is 0 Å². The highest BCUT2D eigenvalue weighted by Gasteiger charge is 2.45. The van der Waals surface area contributed by atoms with E-state index in [0.29, 0.717) is 23.6 Å². The molecule has 2 aliphatic rings. The van der Waals surface area contributed by atoms with Crippen LogP contribution < -0.4 is 10.2 Å². The van der Waals surface area contributed by atoms with Crippen molar-refractivity contribution in [1.82, 2.24) is 9.97 Å². The van der Waals surface area contributed by atoms with Crippen molar-refractivity contribution in [3.63, 3.8) is 0 Å². The first kappa shape index (κ1) is 18.8. The van der Waals surface area contributed by atoms with Gasteiger partial charge in [-0.15, -0.1) is 0 Å². The van der Waals surface area contributed by atoms with E-state index in [1.807, 2.05) is 49.1 Å². The number of fused-ring (bicyclic) bond motifs is 2. The number of aromatic amines is 1. The summed E-state index contributed by atoms with van der Waals surface area (Å²) < 4.78 is 5.76. The number of hydrogen-bond acceptors (Lipinski definition) is 4. The smallest absolute Gasteiger partial charge is 0.257 e. The van der Waals surface area contributed by atoms with Gasteiger partial charge in [-0.3, -0.25) is 14.9 Å². The summed E-state index contributed by atoms with van der Waals surface area (Å²) in [5, 5.41) is 2.82. The highest BCUT2D eigenvalue weighted by molar-refractivity contribution is 6.10. The average Bonchev–Trinajstić information content (AvgIpc) is 3.43. The second kappa shape index (κ2) is 6.95. The molecule has 0 bridgehead atoms. The van der Waals surface area contributed by atoms with Crippen molar-refractivity contribution in [2.45, 2.75) is 38.2 Å². The molecule has 3 heterocycles. The zero-order valence-corrected chi connectivity index (χ0v) is 17.1. The molecular weight excluding hydrogens is 380 g/mol. The fourth-order valence-corrected chi connectivity index (χ4v) is 4.33. The molecule has 0 spiro atoms. The Labute approximate surface area is 174 Å². The highest BCUT2D eigenvalue weighted by atomic mass is 16.5. The van der Waals surface area contributed by atoms with Crippen molar-refractivity contribution < 1.29 is 14.3 Å². The average molecular weight is 404 g/mol. The maximum Gasteiger partial charge on any atom is 0.257 e. The number of ether oxygens (including phenoxy) is 1. The van der Waals surface area contributed by atoms with Crippen LogP contribution in [0.4, 0.5) is 11.6 Å². The molecule has 0 aliphatic carbocycles. The predicted molar refractivity (Wildman–Crippen MR) is 115 cm³/mol. The van der Waals surface area contributed by atoms with Gasteiger partial charge in [-0.25, -0.2) is 4.98 Å². The number of aromatic nitrogens is 2. The van der Waals surface area contributed by atoms with Gasteiger partial charge in [0, 0.05) is 12.2 Å². The Kier molecular flexibility index (Phi) is 4.36. The van der Waals surface area contributed by atoms with E-state index in [1.54, 1.807) is 12.1 Å². The molecular formula is C23H24N4O3. The molecule has 5 rings (SSSR count). The number of benzene rings is 2. The van der Waals surface area contributed by atoms with E-state index in [4.69, 9.17) is 4.74 Å². The molecule has 154 valence electrons. The predicted octanol–water partition coefficient (Wildman–Crippen LogP) is 3.62. The van der Waals surface area contributed by atoms with E-state index in [0.717, 1.165) is 36.2 Å². The maximum atomic E-state index is 13.1. The molecule has 2 aromatic carbocycles. The number of amides is 2. The largest absolute Gasteiger partial charge is 0.376 e. The summed E-state index contributed by atoms with van der Waals surface area (Å²) in [5.41, 5.74) is 3.27. The summed E-state index contributed by atoms with van der Waals surface area (Å²) >= 11 is 0. The van der Waals surface area contributed by atoms with Gasteiger partial charge in [-0.2, -0.15) is 0 Å². The van der Waals surface area contributed by atoms with Crippen LogP contribution in [0, 0.1) is 0 Å². The van der Waals surface area contributed by atoms with Gasteiger partial charge in [0.05, 0.1) is 34.8 Å². The molecule has 0 saturated carbocycles. The van der Waals surface area contributed by atoms with Gasteiger partial charge >= 0.3 is 0 Å². The number of anilines is 2. The molecule has 3 aromatic rings. The summed E-state index contributed by atoms with van der Waals surface area (Å²) in [4.78, 5) is 35.1. The highest BCUT2D eigenvalue weighted by Crippen LogP contribution is 2.43. The number of hydrogen-bond donors (Lipinski definition) is 2. The molecule has 2 N–H and O–H groups in total. The summed E-state index contributed by atoms with van der Waals surface area (Å²) in [5.74, 6) is 0.244. The first-order chi connectivity index (χ1) is 14.4. The van der Waals surface area contributed by atoms with Crippen molar-refractivity contribution in [3.8, 4) is 0 Å².